The Kier molecular flexibility index (Phi) is 3.81. The zero-order valence-electron chi connectivity index (χ0n) is 13.5. The normalized spacial score (nSPS) is 27.1. The Morgan fingerprint density at radius 3 is 3.09 bits per heavy atom. The number of oxazole rings is 1. The van der Waals surface area contributed by atoms with Crippen LogP contribution in [0.2, 0.25) is 0 Å². The van der Waals surface area contributed by atoms with E-state index in [1.165, 1.54) is 25.7 Å². The number of benzene rings is 1. The van der Waals surface area contributed by atoms with Gasteiger partial charge in [0.05, 0.1) is 6.04 Å². The third kappa shape index (κ3) is 2.85. The molecule has 2 aliphatic rings. The molecular formula is C18H23N3O2. The Labute approximate surface area is 135 Å². The summed E-state index contributed by atoms with van der Waals surface area (Å²) in [6.07, 6.45) is 6.78. The number of carbonyl (C=O) groups is 1. The first-order valence-electron chi connectivity index (χ1n) is 8.69. The van der Waals surface area contributed by atoms with Gasteiger partial charge in [0.1, 0.15) is 5.52 Å². The lowest BCUT2D eigenvalue weighted by Crippen LogP contribution is -2.39. The van der Waals surface area contributed by atoms with Crippen LogP contribution >= 0.6 is 0 Å². The standard InChI is InChI=1S/C18H23N3O2/c1-2-17-21-14-10-12(7-8-16(14)23-17)19-18(22)15-9-11-5-3-4-6-13(11)20-15/h7-8,10-11,13,15,20H,2-6,9H2,1H3,(H,19,22). The molecule has 2 heterocycles. The topological polar surface area (TPSA) is 67.2 Å². The number of anilines is 1. The Morgan fingerprint density at radius 2 is 2.26 bits per heavy atom. The van der Waals surface area contributed by atoms with Crippen molar-refractivity contribution in [2.24, 2.45) is 5.92 Å². The van der Waals surface area contributed by atoms with Crippen LogP contribution < -0.4 is 10.6 Å². The molecule has 1 saturated heterocycles. The van der Waals surface area contributed by atoms with Crippen LogP contribution in [-0.2, 0) is 11.2 Å². The van der Waals surface area contributed by atoms with Gasteiger partial charge >= 0.3 is 0 Å². The number of aryl methyl sites for hydroxylation is 1. The van der Waals surface area contributed by atoms with E-state index < -0.39 is 0 Å². The van der Waals surface area contributed by atoms with Crippen LogP contribution in [0.25, 0.3) is 11.1 Å². The molecule has 3 unspecified atom stereocenters. The summed E-state index contributed by atoms with van der Waals surface area (Å²) in [5.74, 6) is 1.47. The Balaban J connectivity index is 1.46. The number of carbonyl (C=O) groups excluding carboxylic acids is 1. The quantitative estimate of drug-likeness (QED) is 0.913. The molecule has 2 fully saturated rings. The zero-order chi connectivity index (χ0) is 15.8. The van der Waals surface area contributed by atoms with E-state index >= 15 is 0 Å². The molecule has 1 amide bonds. The maximum atomic E-state index is 12.5. The van der Waals surface area contributed by atoms with Crippen molar-refractivity contribution in [3.63, 3.8) is 0 Å². The molecule has 2 aromatic rings. The highest BCUT2D eigenvalue weighted by molar-refractivity contribution is 5.96. The monoisotopic (exact) mass is 313 g/mol. The first-order valence-corrected chi connectivity index (χ1v) is 8.69. The predicted molar refractivity (Wildman–Crippen MR) is 89.3 cm³/mol. The van der Waals surface area contributed by atoms with Crippen LogP contribution in [0.15, 0.2) is 22.6 Å². The summed E-state index contributed by atoms with van der Waals surface area (Å²) in [5, 5.41) is 6.55. The molecule has 2 N–H and O–H groups in total. The molecule has 0 radical (unpaired) electrons. The van der Waals surface area contributed by atoms with Gasteiger partial charge in [-0.3, -0.25) is 4.79 Å². The molecule has 1 saturated carbocycles. The smallest absolute Gasteiger partial charge is 0.241 e. The molecule has 3 atom stereocenters. The van der Waals surface area contributed by atoms with E-state index in [2.05, 4.69) is 15.6 Å². The van der Waals surface area contributed by atoms with Crippen LogP contribution in [0.3, 0.4) is 0 Å². The first kappa shape index (κ1) is 14.7. The average molecular weight is 313 g/mol. The molecule has 23 heavy (non-hydrogen) atoms. The number of nitrogens with zero attached hydrogens (tertiary/aromatic N) is 1. The van der Waals surface area contributed by atoms with Gasteiger partial charge < -0.3 is 15.1 Å². The van der Waals surface area contributed by atoms with Gasteiger partial charge in [-0.15, -0.1) is 0 Å². The van der Waals surface area contributed by atoms with E-state index in [0.717, 1.165) is 35.5 Å². The van der Waals surface area contributed by atoms with Crippen molar-refractivity contribution < 1.29 is 9.21 Å². The maximum Gasteiger partial charge on any atom is 0.241 e. The second-order valence-corrected chi connectivity index (χ2v) is 6.74. The van der Waals surface area contributed by atoms with Gasteiger partial charge in [-0.2, -0.15) is 0 Å². The van der Waals surface area contributed by atoms with Crippen molar-refractivity contribution in [3.05, 3.63) is 24.1 Å². The van der Waals surface area contributed by atoms with Gasteiger partial charge in [-0.25, -0.2) is 4.98 Å². The molecule has 0 spiro atoms. The molecule has 1 aliphatic carbocycles. The fourth-order valence-electron chi connectivity index (χ4n) is 3.95. The Morgan fingerprint density at radius 1 is 1.39 bits per heavy atom. The third-order valence-electron chi connectivity index (χ3n) is 5.18. The number of hydrogen-bond acceptors (Lipinski definition) is 4. The minimum Gasteiger partial charge on any atom is -0.441 e. The number of amides is 1. The minimum atomic E-state index is -0.0673. The molecule has 5 heteroatoms. The number of aromatic nitrogens is 1. The van der Waals surface area contributed by atoms with Gasteiger partial charge in [-0.1, -0.05) is 19.8 Å². The van der Waals surface area contributed by atoms with Crippen molar-refractivity contribution in [2.45, 2.75) is 57.5 Å². The van der Waals surface area contributed by atoms with E-state index in [1.54, 1.807) is 0 Å². The summed E-state index contributed by atoms with van der Waals surface area (Å²) < 4.78 is 5.60. The molecule has 0 bridgehead atoms. The fraction of sp³-hybridized carbons (Fsp3) is 0.556. The van der Waals surface area contributed by atoms with E-state index in [9.17, 15) is 4.79 Å². The summed E-state index contributed by atoms with van der Waals surface area (Å²) in [6.45, 7) is 2.01. The summed E-state index contributed by atoms with van der Waals surface area (Å²) >= 11 is 0. The molecule has 1 aromatic heterocycles. The molecule has 5 nitrogen and oxygen atoms in total. The SMILES string of the molecule is CCc1nc2cc(NC(=O)C3CC4CCCCC4N3)ccc2o1. The molecule has 122 valence electrons. The molecular weight excluding hydrogens is 290 g/mol. The fourth-order valence-corrected chi connectivity index (χ4v) is 3.95. The van der Waals surface area contributed by atoms with Crippen LogP contribution in [0, 0.1) is 5.92 Å². The zero-order valence-corrected chi connectivity index (χ0v) is 13.5. The van der Waals surface area contributed by atoms with E-state index in [-0.39, 0.29) is 11.9 Å². The minimum absolute atomic E-state index is 0.0673. The van der Waals surface area contributed by atoms with Gasteiger partial charge in [-0.05, 0) is 43.4 Å². The summed E-state index contributed by atoms with van der Waals surface area (Å²) in [4.78, 5) is 17.0. The van der Waals surface area contributed by atoms with Crippen LogP contribution in [0.5, 0.6) is 0 Å². The van der Waals surface area contributed by atoms with E-state index in [0.29, 0.717) is 12.0 Å². The number of nitrogens with one attached hydrogen (secondary N) is 2. The lowest BCUT2D eigenvalue weighted by Gasteiger charge is -2.24. The summed E-state index contributed by atoms with van der Waals surface area (Å²) in [5.41, 5.74) is 2.35. The van der Waals surface area contributed by atoms with Gasteiger partial charge in [0.2, 0.25) is 5.91 Å². The van der Waals surface area contributed by atoms with Crippen molar-refractivity contribution in [2.75, 3.05) is 5.32 Å². The highest BCUT2D eigenvalue weighted by Gasteiger charge is 2.38. The summed E-state index contributed by atoms with van der Waals surface area (Å²) in [7, 11) is 0. The third-order valence-corrected chi connectivity index (χ3v) is 5.18. The van der Waals surface area contributed by atoms with Crippen molar-refractivity contribution >= 4 is 22.7 Å². The second kappa shape index (κ2) is 5.96. The highest BCUT2D eigenvalue weighted by atomic mass is 16.3. The molecule has 1 aliphatic heterocycles. The Hall–Kier alpha value is -1.88. The first-order chi connectivity index (χ1) is 11.2. The average Bonchev–Trinajstić information content (AvgIpc) is 3.17. The van der Waals surface area contributed by atoms with Crippen LogP contribution in [0.1, 0.15) is 44.9 Å². The molecule has 1 aromatic carbocycles. The van der Waals surface area contributed by atoms with E-state index in [1.807, 2.05) is 25.1 Å². The lowest BCUT2D eigenvalue weighted by atomic mass is 9.85. The predicted octanol–water partition coefficient (Wildman–Crippen LogP) is 3.25. The number of hydrogen-bond donors (Lipinski definition) is 2. The lowest BCUT2D eigenvalue weighted by molar-refractivity contribution is -0.117. The second-order valence-electron chi connectivity index (χ2n) is 6.74. The highest BCUT2D eigenvalue weighted by Crippen LogP contribution is 2.33. The van der Waals surface area contributed by atoms with Gasteiger partial charge in [0.15, 0.2) is 11.5 Å². The van der Waals surface area contributed by atoms with Gasteiger partial charge in [0, 0.05) is 18.2 Å². The largest absolute Gasteiger partial charge is 0.441 e. The van der Waals surface area contributed by atoms with Crippen molar-refractivity contribution in [3.8, 4) is 0 Å². The summed E-state index contributed by atoms with van der Waals surface area (Å²) in [6, 6.07) is 6.11. The maximum absolute atomic E-state index is 12.5. The number of rotatable bonds is 3. The van der Waals surface area contributed by atoms with Crippen molar-refractivity contribution in [1.82, 2.24) is 10.3 Å². The van der Waals surface area contributed by atoms with Crippen LogP contribution in [0.4, 0.5) is 5.69 Å². The van der Waals surface area contributed by atoms with Crippen LogP contribution in [-0.4, -0.2) is 23.0 Å². The number of fused-ring (bicyclic) bond motifs is 2. The van der Waals surface area contributed by atoms with E-state index in [4.69, 9.17) is 4.42 Å². The molecule has 4 rings (SSSR count). The Bertz CT molecular complexity index is 710. The van der Waals surface area contributed by atoms with Crippen molar-refractivity contribution in [1.29, 1.82) is 0 Å². The van der Waals surface area contributed by atoms with Gasteiger partial charge in [0.25, 0.3) is 0 Å².